The maximum Gasteiger partial charge on any atom is 0.0159 e. The summed E-state index contributed by atoms with van der Waals surface area (Å²) in [5, 5.41) is 1.09. The minimum absolute atomic E-state index is 0.694. The molecule has 68 valence electrons. The Morgan fingerprint density at radius 3 is 2.27 bits per heavy atom. The average molecular weight is 222 g/mol. The van der Waals surface area contributed by atoms with Gasteiger partial charge in [0.15, 0.2) is 0 Å². The van der Waals surface area contributed by atoms with Gasteiger partial charge in [-0.15, -0.1) is 0 Å². The van der Waals surface area contributed by atoms with Crippen molar-refractivity contribution in [3.8, 4) is 0 Å². The lowest BCUT2D eigenvalue weighted by Crippen LogP contribution is -2.33. The van der Waals surface area contributed by atoms with Gasteiger partial charge in [-0.05, 0) is 26.8 Å². The molecule has 0 aliphatic heterocycles. The van der Waals surface area contributed by atoms with E-state index in [1.807, 2.05) is 0 Å². The molecular weight excluding hydrogens is 202 g/mol. The van der Waals surface area contributed by atoms with Crippen molar-refractivity contribution in [3.63, 3.8) is 0 Å². The summed E-state index contributed by atoms with van der Waals surface area (Å²) in [4.78, 5) is 2.51. The van der Waals surface area contributed by atoms with Gasteiger partial charge in [0, 0.05) is 17.9 Å². The monoisotopic (exact) mass is 221 g/mol. The minimum atomic E-state index is 0.694. The molecular formula is C9H20BrN. The zero-order valence-corrected chi connectivity index (χ0v) is 9.52. The van der Waals surface area contributed by atoms with Crippen LogP contribution in [0.2, 0.25) is 0 Å². The highest BCUT2D eigenvalue weighted by atomic mass is 79.9. The number of hydrogen-bond acceptors (Lipinski definition) is 1. The zero-order chi connectivity index (χ0) is 8.69. The van der Waals surface area contributed by atoms with Gasteiger partial charge >= 0.3 is 0 Å². The fraction of sp³-hybridized carbons (Fsp3) is 1.00. The number of rotatable bonds is 6. The fourth-order valence-electron chi connectivity index (χ4n) is 1.10. The van der Waals surface area contributed by atoms with E-state index >= 15 is 0 Å². The summed E-state index contributed by atoms with van der Waals surface area (Å²) in [6.45, 7) is 9.20. The summed E-state index contributed by atoms with van der Waals surface area (Å²) in [5.41, 5.74) is 0. The first-order chi connectivity index (χ1) is 5.22. The number of unbranched alkanes of at least 4 members (excludes halogenated alkanes) is 1. The summed E-state index contributed by atoms with van der Waals surface area (Å²) in [7, 11) is 0. The van der Waals surface area contributed by atoms with E-state index in [2.05, 4.69) is 41.6 Å². The number of alkyl halides is 1. The van der Waals surface area contributed by atoms with E-state index in [9.17, 15) is 0 Å². The lowest BCUT2D eigenvalue weighted by Gasteiger charge is -2.25. The Balaban J connectivity index is 3.51. The molecule has 0 saturated heterocycles. The summed E-state index contributed by atoms with van der Waals surface area (Å²) >= 11 is 3.47. The molecule has 0 amide bonds. The second-order valence-electron chi connectivity index (χ2n) is 3.17. The quantitative estimate of drug-likeness (QED) is 0.624. The number of hydrogen-bond donors (Lipinski definition) is 0. The second-order valence-corrected chi connectivity index (χ2v) is 3.97. The molecule has 0 bridgehead atoms. The molecule has 0 aromatic heterocycles. The van der Waals surface area contributed by atoms with Crippen LogP contribution in [0.5, 0.6) is 0 Å². The Morgan fingerprint density at radius 2 is 1.91 bits per heavy atom. The van der Waals surface area contributed by atoms with Crippen LogP contribution in [0.1, 0.15) is 33.6 Å². The van der Waals surface area contributed by atoms with Crippen molar-refractivity contribution in [3.05, 3.63) is 0 Å². The molecule has 0 heterocycles. The lowest BCUT2D eigenvalue weighted by atomic mass is 10.2. The largest absolute Gasteiger partial charge is 0.300 e. The van der Waals surface area contributed by atoms with Gasteiger partial charge in [0.2, 0.25) is 0 Å². The Labute approximate surface area is 79.3 Å². The van der Waals surface area contributed by atoms with Gasteiger partial charge in [-0.3, -0.25) is 0 Å². The van der Waals surface area contributed by atoms with Crippen LogP contribution in [-0.2, 0) is 0 Å². The van der Waals surface area contributed by atoms with Gasteiger partial charge in [0.05, 0.1) is 0 Å². The van der Waals surface area contributed by atoms with E-state index in [1.165, 1.54) is 25.9 Å². The Hall–Kier alpha value is 0.440. The third-order valence-electron chi connectivity index (χ3n) is 1.90. The second kappa shape index (κ2) is 7.11. The summed E-state index contributed by atoms with van der Waals surface area (Å²) < 4.78 is 0. The van der Waals surface area contributed by atoms with E-state index < -0.39 is 0 Å². The molecule has 0 aromatic rings. The Bertz CT molecular complexity index is 83.6. The number of nitrogens with zero attached hydrogens (tertiary/aromatic N) is 1. The molecule has 0 radical (unpaired) electrons. The molecule has 11 heavy (non-hydrogen) atoms. The number of halogens is 1. The van der Waals surface area contributed by atoms with Crippen molar-refractivity contribution in [2.75, 3.05) is 18.4 Å². The summed E-state index contributed by atoms with van der Waals surface area (Å²) in [6, 6.07) is 0.694. The molecule has 0 N–H and O–H groups in total. The van der Waals surface area contributed by atoms with E-state index in [0.29, 0.717) is 6.04 Å². The molecule has 0 aliphatic rings. The fourth-order valence-corrected chi connectivity index (χ4v) is 1.55. The molecule has 0 saturated carbocycles. The van der Waals surface area contributed by atoms with Gasteiger partial charge in [-0.1, -0.05) is 29.3 Å². The maximum atomic E-state index is 3.47. The van der Waals surface area contributed by atoms with Crippen LogP contribution in [0.4, 0.5) is 0 Å². The van der Waals surface area contributed by atoms with Crippen LogP contribution in [-0.4, -0.2) is 29.4 Å². The van der Waals surface area contributed by atoms with Gasteiger partial charge in [-0.2, -0.15) is 0 Å². The summed E-state index contributed by atoms with van der Waals surface area (Å²) in [5.74, 6) is 0. The van der Waals surface area contributed by atoms with Crippen LogP contribution >= 0.6 is 15.9 Å². The lowest BCUT2D eigenvalue weighted by molar-refractivity contribution is 0.233. The zero-order valence-electron chi connectivity index (χ0n) is 7.94. The molecule has 0 unspecified atom stereocenters. The van der Waals surface area contributed by atoms with Gasteiger partial charge < -0.3 is 4.90 Å². The standard InChI is InChI=1S/C9H20BrN/c1-4-5-7-11(8-6-10)9(2)3/h9H,4-8H2,1-3H3. The summed E-state index contributed by atoms with van der Waals surface area (Å²) in [6.07, 6.45) is 2.62. The topological polar surface area (TPSA) is 3.24 Å². The maximum absolute atomic E-state index is 3.47. The van der Waals surface area contributed by atoms with E-state index in [1.54, 1.807) is 0 Å². The van der Waals surface area contributed by atoms with Crippen LogP contribution in [0.3, 0.4) is 0 Å². The minimum Gasteiger partial charge on any atom is -0.300 e. The van der Waals surface area contributed by atoms with Crippen molar-refractivity contribution >= 4 is 15.9 Å². The molecule has 2 heteroatoms. The highest BCUT2D eigenvalue weighted by Crippen LogP contribution is 2.01. The van der Waals surface area contributed by atoms with Crippen molar-refractivity contribution in [2.24, 2.45) is 0 Å². The van der Waals surface area contributed by atoms with E-state index in [-0.39, 0.29) is 0 Å². The van der Waals surface area contributed by atoms with Crippen LogP contribution in [0, 0.1) is 0 Å². The molecule has 0 aliphatic carbocycles. The van der Waals surface area contributed by atoms with Gasteiger partial charge in [0.1, 0.15) is 0 Å². The third kappa shape index (κ3) is 5.68. The average Bonchev–Trinajstić information content (AvgIpc) is 1.97. The first-order valence-corrected chi connectivity index (χ1v) is 5.64. The molecule has 1 nitrogen and oxygen atoms in total. The molecule has 0 atom stereocenters. The van der Waals surface area contributed by atoms with Crippen LogP contribution in [0.15, 0.2) is 0 Å². The van der Waals surface area contributed by atoms with Gasteiger partial charge in [-0.25, -0.2) is 0 Å². The molecule has 0 aromatic carbocycles. The van der Waals surface area contributed by atoms with E-state index in [0.717, 1.165) is 5.33 Å². The van der Waals surface area contributed by atoms with Crippen molar-refractivity contribution in [1.82, 2.24) is 4.90 Å². The normalized spacial score (nSPS) is 11.5. The van der Waals surface area contributed by atoms with E-state index in [4.69, 9.17) is 0 Å². The predicted molar refractivity (Wildman–Crippen MR) is 55.4 cm³/mol. The Kier molecular flexibility index (Phi) is 7.39. The van der Waals surface area contributed by atoms with Crippen LogP contribution < -0.4 is 0 Å². The van der Waals surface area contributed by atoms with Gasteiger partial charge in [0.25, 0.3) is 0 Å². The van der Waals surface area contributed by atoms with Crippen molar-refractivity contribution < 1.29 is 0 Å². The highest BCUT2D eigenvalue weighted by molar-refractivity contribution is 9.09. The molecule has 0 rings (SSSR count). The smallest absolute Gasteiger partial charge is 0.0159 e. The third-order valence-corrected chi connectivity index (χ3v) is 2.26. The van der Waals surface area contributed by atoms with Crippen molar-refractivity contribution in [1.29, 1.82) is 0 Å². The first kappa shape index (κ1) is 11.4. The molecule has 0 fully saturated rings. The highest BCUT2D eigenvalue weighted by Gasteiger charge is 2.06. The van der Waals surface area contributed by atoms with Crippen molar-refractivity contribution in [2.45, 2.75) is 39.7 Å². The van der Waals surface area contributed by atoms with Crippen LogP contribution in [0.25, 0.3) is 0 Å². The first-order valence-electron chi connectivity index (χ1n) is 4.52. The predicted octanol–water partition coefficient (Wildman–Crippen LogP) is 2.89. The SMILES string of the molecule is CCCCN(CCBr)C(C)C. The Morgan fingerprint density at radius 1 is 1.27 bits per heavy atom. The molecule has 0 spiro atoms.